The zero-order valence-corrected chi connectivity index (χ0v) is 17.1. The molecule has 4 aromatic rings. The quantitative estimate of drug-likeness (QED) is 0.391. The molecule has 2 aromatic carbocycles. The summed E-state index contributed by atoms with van der Waals surface area (Å²) in [6, 6.07) is 12.1. The molecule has 0 saturated heterocycles. The Hall–Kier alpha value is -3.14. The normalized spacial score (nSPS) is 11.2. The standard InChI is InChI=1S/C20H19F2N7S/c1-2-3-12-28-18(23-26-27-28)13-30-20-25-24-19(14-4-6-15(21)7-5-14)29(20)17-10-8-16(22)9-11-17/h4-11H,2-3,12-13H2,1H3. The third-order valence-electron chi connectivity index (χ3n) is 4.48. The van der Waals surface area contributed by atoms with Crippen LogP contribution in [-0.4, -0.2) is 35.0 Å². The van der Waals surface area contributed by atoms with E-state index in [2.05, 4.69) is 32.6 Å². The van der Waals surface area contributed by atoms with Crippen LogP contribution < -0.4 is 0 Å². The Morgan fingerprint density at radius 3 is 2.30 bits per heavy atom. The van der Waals surface area contributed by atoms with Gasteiger partial charge in [-0.05, 0) is 65.4 Å². The molecule has 154 valence electrons. The van der Waals surface area contributed by atoms with Crippen LogP contribution in [-0.2, 0) is 12.3 Å². The highest BCUT2D eigenvalue weighted by Gasteiger charge is 2.18. The fraction of sp³-hybridized carbons (Fsp3) is 0.250. The summed E-state index contributed by atoms with van der Waals surface area (Å²) in [5.41, 5.74) is 1.40. The minimum Gasteiger partial charge on any atom is -0.270 e. The van der Waals surface area contributed by atoms with Gasteiger partial charge in [-0.3, -0.25) is 4.57 Å². The van der Waals surface area contributed by atoms with Crippen LogP contribution in [0, 0.1) is 11.6 Å². The van der Waals surface area contributed by atoms with Crippen LogP contribution in [0.25, 0.3) is 17.1 Å². The average Bonchev–Trinajstić information content (AvgIpc) is 3.38. The summed E-state index contributed by atoms with van der Waals surface area (Å²) in [7, 11) is 0. The number of thioether (sulfide) groups is 1. The molecule has 0 fully saturated rings. The van der Waals surface area contributed by atoms with E-state index in [1.807, 2.05) is 4.57 Å². The van der Waals surface area contributed by atoms with E-state index in [9.17, 15) is 8.78 Å². The lowest BCUT2D eigenvalue weighted by Crippen LogP contribution is -2.05. The first-order valence-corrected chi connectivity index (χ1v) is 10.5. The highest BCUT2D eigenvalue weighted by atomic mass is 32.2. The minimum absolute atomic E-state index is 0.333. The van der Waals surface area contributed by atoms with Crippen LogP contribution in [0.1, 0.15) is 25.6 Å². The predicted molar refractivity (Wildman–Crippen MR) is 109 cm³/mol. The van der Waals surface area contributed by atoms with Crippen LogP contribution in [0.2, 0.25) is 0 Å². The Morgan fingerprint density at radius 1 is 0.900 bits per heavy atom. The number of hydrogen-bond donors (Lipinski definition) is 0. The van der Waals surface area contributed by atoms with E-state index >= 15 is 0 Å². The van der Waals surface area contributed by atoms with Gasteiger partial charge in [-0.2, -0.15) is 0 Å². The van der Waals surface area contributed by atoms with Gasteiger partial charge in [-0.25, -0.2) is 13.5 Å². The zero-order chi connectivity index (χ0) is 20.9. The van der Waals surface area contributed by atoms with E-state index in [-0.39, 0.29) is 11.6 Å². The molecule has 0 bridgehead atoms. The summed E-state index contributed by atoms with van der Waals surface area (Å²) in [6.45, 7) is 2.87. The van der Waals surface area contributed by atoms with E-state index in [0.29, 0.717) is 28.0 Å². The second-order valence-electron chi connectivity index (χ2n) is 6.59. The molecule has 2 aromatic heterocycles. The molecule has 0 radical (unpaired) electrons. The Labute approximate surface area is 176 Å². The Balaban J connectivity index is 1.67. The second kappa shape index (κ2) is 9.12. The number of nitrogens with zero attached hydrogens (tertiary/aromatic N) is 7. The Bertz CT molecular complexity index is 1110. The number of tetrazole rings is 1. The molecule has 0 spiro atoms. The molecule has 0 aliphatic carbocycles. The van der Waals surface area contributed by atoms with Gasteiger partial charge in [0.15, 0.2) is 16.8 Å². The van der Waals surface area contributed by atoms with Gasteiger partial charge in [0, 0.05) is 17.8 Å². The van der Waals surface area contributed by atoms with Gasteiger partial charge >= 0.3 is 0 Å². The van der Waals surface area contributed by atoms with Crippen LogP contribution >= 0.6 is 11.8 Å². The number of unbranched alkanes of at least 4 members (excludes halogenated alkanes) is 1. The Kier molecular flexibility index (Phi) is 6.12. The topological polar surface area (TPSA) is 74.3 Å². The molecule has 0 amide bonds. The van der Waals surface area contributed by atoms with Gasteiger partial charge < -0.3 is 0 Å². The monoisotopic (exact) mass is 427 g/mol. The molecule has 7 nitrogen and oxygen atoms in total. The summed E-state index contributed by atoms with van der Waals surface area (Å²) in [4.78, 5) is 0. The molecule has 4 rings (SSSR count). The summed E-state index contributed by atoms with van der Waals surface area (Å²) >= 11 is 1.43. The molecule has 0 unspecified atom stereocenters. The van der Waals surface area contributed by atoms with Gasteiger partial charge in [0.2, 0.25) is 0 Å². The zero-order valence-electron chi connectivity index (χ0n) is 16.2. The maximum Gasteiger partial charge on any atom is 0.196 e. The molecule has 0 aliphatic heterocycles. The number of benzene rings is 2. The van der Waals surface area contributed by atoms with Gasteiger partial charge in [-0.15, -0.1) is 15.3 Å². The maximum absolute atomic E-state index is 13.5. The second-order valence-corrected chi connectivity index (χ2v) is 7.53. The largest absolute Gasteiger partial charge is 0.270 e. The van der Waals surface area contributed by atoms with Crippen LogP contribution in [0.4, 0.5) is 8.78 Å². The van der Waals surface area contributed by atoms with E-state index in [1.54, 1.807) is 28.9 Å². The summed E-state index contributed by atoms with van der Waals surface area (Å²) < 4.78 is 30.4. The molecule has 0 atom stereocenters. The van der Waals surface area contributed by atoms with Crippen molar-refractivity contribution in [1.82, 2.24) is 35.0 Å². The molecule has 10 heteroatoms. The SMILES string of the molecule is CCCCn1nnnc1CSc1nnc(-c2ccc(F)cc2)n1-c1ccc(F)cc1. The van der Waals surface area contributed by atoms with Crippen LogP contribution in [0.3, 0.4) is 0 Å². The molecule has 0 N–H and O–H groups in total. The lowest BCUT2D eigenvalue weighted by molar-refractivity contribution is 0.540. The van der Waals surface area contributed by atoms with E-state index in [0.717, 1.165) is 25.2 Å². The van der Waals surface area contributed by atoms with Crippen molar-refractivity contribution in [3.8, 4) is 17.1 Å². The predicted octanol–water partition coefficient (Wildman–Crippen LogP) is 4.29. The summed E-state index contributed by atoms with van der Waals surface area (Å²) in [5, 5.41) is 21.1. The van der Waals surface area contributed by atoms with Gasteiger partial charge in [0.25, 0.3) is 0 Å². The molecule has 30 heavy (non-hydrogen) atoms. The van der Waals surface area contributed by atoms with Crippen LogP contribution in [0.5, 0.6) is 0 Å². The number of rotatable bonds is 8. The van der Waals surface area contributed by atoms with Gasteiger partial charge in [-0.1, -0.05) is 25.1 Å². The van der Waals surface area contributed by atoms with Gasteiger partial charge in [0.05, 0.1) is 5.75 Å². The van der Waals surface area contributed by atoms with Crippen molar-refractivity contribution in [3.63, 3.8) is 0 Å². The van der Waals surface area contributed by atoms with Crippen molar-refractivity contribution >= 4 is 11.8 Å². The fourth-order valence-corrected chi connectivity index (χ4v) is 3.79. The number of hydrogen-bond acceptors (Lipinski definition) is 6. The first kappa shape index (κ1) is 20.1. The van der Waals surface area contributed by atoms with Crippen molar-refractivity contribution in [2.45, 2.75) is 37.2 Å². The molecule has 2 heterocycles. The van der Waals surface area contributed by atoms with Crippen LogP contribution in [0.15, 0.2) is 53.7 Å². The lowest BCUT2D eigenvalue weighted by Gasteiger charge is -2.10. The summed E-state index contributed by atoms with van der Waals surface area (Å²) in [6.07, 6.45) is 2.04. The maximum atomic E-state index is 13.5. The first-order valence-electron chi connectivity index (χ1n) is 9.51. The lowest BCUT2D eigenvalue weighted by atomic mass is 10.2. The third-order valence-corrected chi connectivity index (χ3v) is 5.41. The molecular weight excluding hydrogens is 408 g/mol. The Morgan fingerprint density at radius 2 is 1.60 bits per heavy atom. The smallest absolute Gasteiger partial charge is 0.196 e. The van der Waals surface area contributed by atoms with E-state index < -0.39 is 0 Å². The number of aromatic nitrogens is 7. The molecular formula is C20H19F2N7S. The molecule has 0 aliphatic rings. The van der Waals surface area contributed by atoms with E-state index in [4.69, 9.17) is 0 Å². The number of halogens is 2. The molecule has 0 saturated carbocycles. The number of aryl methyl sites for hydroxylation is 1. The van der Waals surface area contributed by atoms with Gasteiger partial charge in [0.1, 0.15) is 11.6 Å². The van der Waals surface area contributed by atoms with Crippen molar-refractivity contribution in [3.05, 3.63) is 66.0 Å². The minimum atomic E-state index is -0.334. The first-order chi connectivity index (χ1) is 14.7. The highest BCUT2D eigenvalue weighted by Crippen LogP contribution is 2.29. The van der Waals surface area contributed by atoms with Crippen molar-refractivity contribution < 1.29 is 8.78 Å². The average molecular weight is 427 g/mol. The van der Waals surface area contributed by atoms with Crippen molar-refractivity contribution in [2.24, 2.45) is 0 Å². The summed E-state index contributed by atoms with van der Waals surface area (Å²) in [5.74, 6) is 1.11. The third kappa shape index (κ3) is 4.38. The highest BCUT2D eigenvalue weighted by molar-refractivity contribution is 7.98. The van der Waals surface area contributed by atoms with Crippen molar-refractivity contribution in [1.29, 1.82) is 0 Å². The van der Waals surface area contributed by atoms with E-state index in [1.165, 1.54) is 36.0 Å². The van der Waals surface area contributed by atoms with Crippen molar-refractivity contribution in [2.75, 3.05) is 0 Å². The fourth-order valence-electron chi connectivity index (χ4n) is 2.91.